The van der Waals surface area contributed by atoms with Crippen molar-refractivity contribution in [3.05, 3.63) is 64.7 Å². The quantitative estimate of drug-likeness (QED) is 0.934. The van der Waals surface area contributed by atoms with Crippen LogP contribution in [0.2, 0.25) is 0 Å². The molecule has 4 heteroatoms. The minimum Gasteiger partial charge on any atom is -0.367 e. The van der Waals surface area contributed by atoms with Gasteiger partial charge < -0.3 is 10.2 Å². The SMILES string of the molecule is Cc1ccc(C(=O)N[C@@H]2C[C@H](C)N(c3ccc(C#N)c(C)c3)C2)cc1. The standard InChI is InChI=1S/C21H23N3O/c1-14-4-6-17(7-5-14)21(25)23-19-11-16(3)24(13-19)20-9-8-18(12-22)15(2)10-20/h4-10,16,19H,11,13H2,1-3H3,(H,23,25)/t16-,19+/m0/s1. The molecule has 1 aliphatic rings. The van der Waals surface area contributed by atoms with E-state index in [1.807, 2.05) is 50.2 Å². The van der Waals surface area contributed by atoms with Crippen molar-refractivity contribution in [2.24, 2.45) is 0 Å². The highest BCUT2D eigenvalue weighted by Gasteiger charge is 2.30. The van der Waals surface area contributed by atoms with E-state index >= 15 is 0 Å². The first kappa shape index (κ1) is 17.0. The molecule has 1 saturated heterocycles. The number of nitrogens with one attached hydrogen (secondary N) is 1. The number of hydrogen-bond donors (Lipinski definition) is 1. The Hall–Kier alpha value is -2.80. The lowest BCUT2D eigenvalue weighted by atomic mass is 10.1. The highest BCUT2D eigenvalue weighted by atomic mass is 16.1. The third kappa shape index (κ3) is 3.66. The molecule has 2 atom stereocenters. The number of hydrogen-bond acceptors (Lipinski definition) is 3. The number of carbonyl (C=O) groups is 1. The zero-order valence-corrected chi connectivity index (χ0v) is 14.9. The molecule has 1 amide bonds. The van der Waals surface area contributed by atoms with E-state index in [0.29, 0.717) is 17.2 Å². The van der Waals surface area contributed by atoms with Crippen molar-refractivity contribution in [3.63, 3.8) is 0 Å². The zero-order chi connectivity index (χ0) is 18.0. The lowest BCUT2D eigenvalue weighted by Gasteiger charge is -2.24. The fraction of sp³-hybridized carbons (Fsp3) is 0.333. The lowest BCUT2D eigenvalue weighted by molar-refractivity contribution is 0.0940. The monoisotopic (exact) mass is 333 g/mol. The minimum absolute atomic E-state index is 0.0185. The van der Waals surface area contributed by atoms with E-state index in [2.05, 4.69) is 29.3 Å². The number of benzene rings is 2. The summed E-state index contributed by atoms with van der Waals surface area (Å²) in [6, 6.07) is 16.2. The van der Waals surface area contributed by atoms with Crippen LogP contribution in [-0.2, 0) is 0 Å². The maximum atomic E-state index is 12.4. The molecule has 2 aromatic carbocycles. The second kappa shape index (κ2) is 6.98. The Morgan fingerprint density at radius 3 is 2.56 bits per heavy atom. The van der Waals surface area contributed by atoms with Gasteiger partial charge in [-0.05, 0) is 63.1 Å². The number of nitriles is 1. The second-order valence-corrected chi connectivity index (χ2v) is 6.88. The van der Waals surface area contributed by atoms with Crippen molar-refractivity contribution in [2.75, 3.05) is 11.4 Å². The van der Waals surface area contributed by atoms with Crippen LogP contribution >= 0.6 is 0 Å². The van der Waals surface area contributed by atoms with Crippen LogP contribution in [0.4, 0.5) is 5.69 Å². The van der Waals surface area contributed by atoms with Gasteiger partial charge >= 0.3 is 0 Å². The van der Waals surface area contributed by atoms with Gasteiger partial charge in [0, 0.05) is 29.9 Å². The molecule has 3 rings (SSSR count). The fourth-order valence-corrected chi connectivity index (χ4v) is 3.42. The first-order chi connectivity index (χ1) is 12.0. The van der Waals surface area contributed by atoms with E-state index in [0.717, 1.165) is 29.8 Å². The molecular weight excluding hydrogens is 310 g/mol. The third-order valence-corrected chi connectivity index (χ3v) is 4.89. The molecule has 2 aromatic rings. The highest BCUT2D eigenvalue weighted by Crippen LogP contribution is 2.27. The summed E-state index contributed by atoms with van der Waals surface area (Å²) in [5.74, 6) is -0.0185. The van der Waals surface area contributed by atoms with Gasteiger partial charge in [0.15, 0.2) is 0 Å². The van der Waals surface area contributed by atoms with Gasteiger partial charge in [-0.15, -0.1) is 0 Å². The van der Waals surface area contributed by atoms with Crippen LogP contribution in [0, 0.1) is 25.2 Å². The number of anilines is 1. The van der Waals surface area contributed by atoms with Crippen LogP contribution < -0.4 is 10.2 Å². The van der Waals surface area contributed by atoms with E-state index in [9.17, 15) is 4.79 Å². The summed E-state index contributed by atoms with van der Waals surface area (Å²) >= 11 is 0. The Labute approximate surface area is 149 Å². The number of nitrogens with zero attached hydrogens (tertiary/aromatic N) is 2. The molecule has 0 radical (unpaired) electrons. The van der Waals surface area contributed by atoms with Crippen molar-refractivity contribution < 1.29 is 4.79 Å². The predicted molar refractivity (Wildman–Crippen MR) is 99.8 cm³/mol. The number of rotatable bonds is 3. The first-order valence-corrected chi connectivity index (χ1v) is 8.63. The largest absolute Gasteiger partial charge is 0.367 e. The van der Waals surface area contributed by atoms with Crippen LogP contribution in [0.3, 0.4) is 0 Å². The van der Waals surface area contributed by atoms with Crippen LogP contribution in [0.1, 0.15) is 40.4 Å². The Morgan fingerprint density at radius 2 is 1.92 bits per heavy atom. The van der Waals surface area contributed by atoms with Gasteiger partial charge in [-0.25, -0.2) is 0 Å². The minimum atomic E-state index is -0.0185. The summed E-state index contributed by atoms with van der Waals surface area (Å²) in [4.78, 5) is 14.7. The van der Waals surface area contributed by atoms with Crippen LogP contribution in [0.5, 0.6) is 0 Å². The van der Waals surface area contributed by atoms with E-state index in [1.165, 1.54) is 0 Å². The average molecular weight is 333 g/mol. The zero-order valence-electron chi connectivity index (χ0n) is 14.9. The highest BCUT2D eigenvalue weighted by molar-refractivity contribution is 5.94. The summed E-state index contributed by atoms with van der Waals surface area (Å²) in [6.07, 6.45) is 0.913. The van der Waals surface area contributed by atoms with Crippen molar-refractivity contribution in [1.82, 2.24) is 5.32 Å². The normalized spacial score (nSPS) is 19.5. The number of amides is 1. The molecule has 1 heterocycles. The van der Waals surface area contributed by atoms with E-state index in [1.54, 1.807) is 0 Å². The Bertz CT molecular complexity index is 820. The maximum Gasteiger partial charge on any atom is 0.251 e. The molecule has 1 N–H and O–H groups in total. The van der Waals surface area contributed by atoms with Crippen molar-refractivity contribution in [1.29, 1.82) is 5.26 Å². The number of aryl methyl sites for hydroxylation is 2. The summed E-state index contributed by atoms with van der Waals surface area (Å²) in [7, 11) is 0. The van der Waals surface area contributed by atoms with Gasteiger partial charge in [0.05, 0.1) is 11.6 Å². The summed E-state index contributed by atoms with van der Waals surface area (Å²) < 4.78 is 0. The van der Waals surface area contributed by atoms with E-state index < -0.39 is 0 Å². The fourth-order valence-electron chi connectivity index (χ4n) is 3.42. The van der Waals surface area contributed by atoms with Gasteiger partial charge in [0.2, 0.25) is 0 Å². The van der Waals surface area contributed by atoms with Crippen molar-refractivity contribution in [2.45, 2.75) is 39.3 Å². The van der Waals surface area contributed by atoms with Gasteiger partial charge in [-0.2, -0.15) is 5.26 Å². The molecular formula is C21H23N3O. The summed E-state index contributed by atoms with van der Waals surface area (Å²) in [5, 5.41) is 12.2. The second-order valence-electron chi connectivity index (χ2n) is 6.88. The molecule has 25 heavy (non-hydrogen) atoms. The predicted octanol–water partition coefficient (Wildman–Crippen LogP) is 3.57. The van der Waals surface area contributed by atoms with Gasteiger partial charge in [-0.1, -0.05) is 17.7 Å². The topological polar surface area (TPSA) is 56.1 Å². The molecule has 0 saturated carbocycles. The van der Waals surface area contributed by atoms with Gasteiger partial charge in [0.1, 0.15) is 0 Å². The van der Waals surface area contributed by atoms with Gasteiger partial charge in [-0.3, -0.25) is 4.79 Å². The smallest absolute Gasteiger partial charge is 0.251 e. The molecule has 0 spiro atoms. The first-order valence-electron chi connectivity index (χ1n) is 8.63. The van der Waals surface area contributed by atoms with E-state index in [4.69, 9.17) is 5.26 Å². The van der Waals surface area contributed by atoms with Crippen molar-refractivity contribution in [3.8, 4) is 6.07 Å². The summed E-state index contributed by atoms with van der Waals surface area (Å²) in [6.45, 7) is 6.92. The average Bonchev–Trinajstić information content (AvgIpc) is 2.95. The Kier molecular flexibility index (Phi) is 4.76. The van der Waals surface area contributed by atoms with E-state index in [-0.39, 0.29) is 11.9 Å². The van der Waals surface area contributed by atoms with Gasteiger partial charge in [0.25, 0.3) is 5.91 Å². The van der Waals surface area contributed by atoms with Crippen molar-refractivity contribution >= 4 is 11.6 Å². The Balaban J connectivity index is 1.69. The third-order valence-electron chi connectivity index (χ3n) is 4.89. The van der Waals surface area contributed by atoms with Crippen LogP contribution in [0.25, 0.3) is 0 Å². The molecule has 128 valence electrons. The molecule has 0 bridgehead atoms. The molecule has 1 fully saturated rings. The summed E-state index contributed by atoms with van der Waals surface area (Å²) in [5.41, 5.74) is 4.65. The molecule has 1 aliphatic heterocycles. The molecule has 0 aromatic heterocycles. The maximum absolute atomic E-state index is 12.4. The lowest BCUT2D eigenvalue weighted by Crippen LogP contribution is -2.37. The molecule has 0 aliphatic carbocycles. The van der Waals surface area contributed by atoms with Crippen LogP contribution in [0.15, 0.2) is 42.5 Å². The molecule has 4 nitrogen and oxygen atoms in total. The number of carbonyl (C=O) groups excluding carboxylic acids is 1. The van der Waals surface area contributed by atoms with Crippen LogP contribution in [-0.4, -0.2) is 24.5 Å². The Morgan fingerprint density at radius 1 is 1.20 bits per heavy atom. The molecule has 0 unspecified atom stereocenters.